The normalized spacial score (nSPS) is 12.2. The summed E-state index contributed by atoms with van der Waals surface area (Å²) in [6, 6.07) is 13.1. The lowest BCUT2D eigenvalue weighted by Crippen LogP contribution is -2.51. The van der Waals surface area contributed by atoms with Crippen LogP contribution in [0.3, 0.4) is 0 Å². The molecular weight excluding hydrogens is 438 g/mol. The van der Waals surface area contributed by atoms with Crippen LogP contribution in [0.25, 0.3) is 0 Å². The lowest BCUT2D eigenvalue weighted by atomic mass is 10.1. The molecule has 0 unspecified atom stereocenters. The minimum atomic E-state index is -3.73. The Labute approximate surface area is 189 Å². The first kappa shape index (κ1) is 24.7. The van der Waals surface area contributed by atoms with E-state index in [0.29, 0.717) is 17.3 Å². The first-order valence-corrected chi connectivity index (χ1v) is 12.1. The van der Waals surface area contributed by atoms with Gasteiger partial charge in [0.15, 0.2) is 0 Å². The molecule has 0 aliphatic heterocycles. The van der Waals surface area contributed by atoms with E-state index < -0.39 is 28.5 Å². The Bertz CT molecular complexity index is 1030. The molecule has 0 heterocycles. The number of likely N-dealkylation sites (N-methyl/N-ethyl adjacent to an activating group) is 1. The zero-order valence-electron chi connectivity index (χ0n) is 18.1. The van der Waals surface area contributed by atoms with Crippen molar-refractivity contribution >= 4 is 39.1 Å². The van der Waals surface area contributed by atoms with E-state index in [1.165, 1.54) is 4.90 Å². The van der Waals surface area contributed by atoms with E-state index in [0.717, 1.165) is 21.7 Å². The van der Waals surface area contributed by atoms with Crippen molar-refractivity contribution in [3.05, 3.63) is 64.7 Å². The molecule has 0 spiro atoms. The maximum atomic E-state index is 13.3. The summed E-state index contributed by atoms with van der Waals surface area (Å²) in [7, 11) is -3.73. The van der Waals surface area contributed by atoms with Gasteiger partial charge >= 0.3 is 0 Å². The van der Waals surface area contributed by atoms with E-state index in [4.69, 9.17) is 11.6 Å². The Morgan fingerprint density at radius 1 is 1.13 bits per heavy atom. The molecule has 0 saturated heterocycles. The van der Waals surface area contributed by atoms with Gasteiger partial charge in [-0.15, -0.1) is 0 Å². The zero-order chi connectivity index (χ0) is 23.2. The average Bonchev–Trinajstić information content (AvgIpc) is 2.70. The molecule has 2 amide bonds. The smallest absolute Gasteiger partial charge is 0.244 e. The number of nitrogens with zero attached hydrogens (tertiary/aromatic N) is 2. The summed E-state index contributed by atoms with van der Waals surface area (Å²) < 4.78 is 26.0. The Balaban J connectivity index is 2.37. The quantitative estimate of drug-likeness (QED) is 0.616. The minimum absolute atomic E-state index is 0.139. The molecule has 0 saturated carbocycles. The molecule has 168 valence electrons. The number of amides is 2. The predicted molar refractivity (Wildman–Crippen MR) is 124 cm³/mol. The van der Waals surface area contributed by atoms with Crippen LogP contribution in [0.2, 0.25) is 5.02 Å². The summed E-state index contributed by atoms with van der Waals surface area (Å²) in [5.74, 6) is -0.799. The second-order valence-corrected chi connectivity index (χ2v) is 9.67. The Morgan fingerprint density at radius 3 is 2.32 bits per heavy atom. The number of anilines is 1. The van der Waals surface area contributed by atoms with Crippen molar-refractivity contribution in [3.63, 3.8) is 0 Å². The van der Waals surface area contributed by atoms with Gasteiger partial charge in [0.1, 0.15) is 12.6 Å². The van der Waals surface area contributed by atoms with Crippen molar-refractivity contribution in [2.75, 3.05) is 23.7 Å². The number of nitrogens with one attached hydrogen (secondary N) is 1. The van der Waals surface area contributed by atoms with Crippen molar-refractivity contribution in [1.82, 2.24) is 10.2 Å². The van der Waals surface area contributed by atoms with Gasteiger partial charge in [0, 0.05) is 18.1 Å². The third-order valence-corrected chi connectivity index (χ3v) is 6.15. The highest BCUT2D eigenvalue weighted by atomic mass is 35.5. The van der Waals surface area contributed by atoms with E-state index in [-0.39, 0.29) is 12.5 Å². The monoisotopic (exact) mass is 465 g/mol. The van der Waals surface area contributed by atoms with Gasteiger partial charge in [-0.25, -0.2) is 8.42 Å². The topological polar surface area (TPSA) is 86.8 Å². The third-order valence-electron chi connectivity index (χ3n) is 4.75. The molecule has 0 bridgehead atoms. The van der Waals surface area contributed by atoms with Crippen LogP contribution in [-0.4, -0.2) is 50.5 Å². The summed E-state index contributed by atoms with van der Waals surface area (Å²) in [5, 5.41) is 3.27. The van der Waals surface area contributed by atoms with Gasteiger partial charge in [-0.05, 0) is 56.2 Å². The van der Waals surface area contributed by atoms with Crippen LogP contribution in [0, 0.1) is 6.92 Å². The van der Waals surface area contributed by atoms with Gasteiger partial charge in [-0.3, -0.25) is 13.9 Å². The van der Waals surface area contributed by atoms with Crippen LogP contribution in [0.5, 0.6) is 0 Å². The van der Waals surface area contributed by atoms with E-state index >= 15 is 0 Å². The van der Waals surface area contributed by atoms with Crippen molar-refractivity contribution in [3.8, 4) is 0 Å². The Hall–Kier alpha value is -2.58. The largest absolute Gasteiger partial charge is 0.355 e. The molecule has 2 aromatic carbocycles. The number of carbonyl (C=O) groups is 2. The number of hydrogen-bond donors (Lipinski definition) is 1. The fourth-order valence-electron chi connectivity index (χ4n) is 3.09. The zero-order valence-corrected chi connectivity index (χ0v) is 19.7. The van der Waals surface area contributed by atoms with Crippen LogP contribution in [0.15, 0.2) is 48.5 Å². The number of aryl methyl sites for hydroxylation is 1. The minimum Gasteiger partial charge on any atom is -0.355 e. The highest BCUT2D eigenvalue weighted by Crippen LogP contribution is 2.20. The van der Waals surface area contributed by atoms with Crippen LogP contribution >= 0.6 is 11.6 Å². The standard InChI is InChI=1S/C22H28ClN3O4S/c1-5-24-22(28)17(3)25(14-18-9-11-19(23)12-10-18)21(27)15-26(31(4,29)30)20-8-6-7-16(2)13-20/h6-13,17H,5,14-15H2,1-4H3,(H,24,28)/t17-/m1/s1. The van der Waals surface area contributed by atoms with Crippen LogP contribution in [-0.2, 0) is 26.2 Å². The second kappa shape index (κ2) is 10.6. The summed E-state index contributed by atoms with van der Waals surface area (Å²) in [6.45, 7) is 5.40. The summed E-state index contributed by atoms with van der Waals surface area (Å²) >= 11 is 5.95. The van der Waals surface area contributed by atoms with Crippen molar-refractivity contribution in [2.45, 2.75) is 33.4 Å². The van der Waals surface area contributed by atoms with Gasteiger partial charge in [-0.1, -0.05) is 35.9 Å². The number of halogens is 1. The first-order chi connectivity index (χ1) is 14.5. The summed E-state index contributed by atoms with van der Waals surface area (Å²) in [4.78, 5) is 27.1. The molecule has 0 fully saturated rings. The molecule has 2 aromatic rings. The molecule has 0 radical (unpaired) electrons. The molecule has 0 aliphatic rings. The lowest BCUT2D eigenvalue weighted by Gasteiger charge is -2.31. The number of sulfonamides is 1. The molecule has 1 atom stereocenters. The van der Waals surface area contributed by atoms with Gasteiger partial charge in [0.05, 0.1) is 11.9 Å². The Kier molecular flexibility index (Phi) is 8.47. The highest BCUT2D eigenvalue weighted by molar-refractivity contribution is 7.92. The molecule has 31 heavy (non-hydrogen) atoms. The van der Waals surface area contributed by atoms with Crippen molar-refractivity contribution in [1.29, 1.82) is 0 Å². The number of benzene rings is 2. The van der Waals surface area contributed by atoms with Crippen LogP contribution in [0.1, 0.15) is 25.0 Å². The fourth-order valence-corrected chi connectivity index (χ4v) is 4.06. The molecule has 2 rings (SSSR count). The average molecular weight is 466 g/mol. The van der Waals surface area contributed by atoms with Crippen molar-refractivity contribution < 1.29 is 18.0 Å². The van der Waals surface area contributed by atoms with E-state index in [1.807, 2.05) is 13.0 Å². The lowest BCUT2D eigenvalue weighted by molar-refractivity contribution is -0.139. The number of rotatable bonds is 9. The van der Waals surface area contributed by atoms with Crippen LogP contribution < -0.4 is 9.62 Å². The van der Waals surface area contributed by atoms with Gasteiger partial charge < -0.3 is 10.2 Å². The van der Waals surface area contributed by atoms with E-state index in [9.17, 15) is 18.0 Å². The molecule has 0 aliphatic carbocycles. The van der Waals surface area contributed by atoms with E-state index in [2.05, 4.69) is 5.32 Å². The van der Waals surface area contributed by atoms with E-state index in [1.54, 1.807) is 56.3 Å². The van der Waals surface area contributed by atoms with Gasteiger partial charge in [-0.2, -0.15) is 0 Å². The van der Waals surface area contributed by atoms with Crippen molar-refractivity contribution in [2.24, 2.45) is 0 Å². The Morgan fingerprint density at radius 2 is 1.77 bits per heavy atom. The summed E-state index contributed by atoms with van der Waals surface area (Å²) in [6.07, 6.45) is 1.05. The molecule has 0 aromatic heterocycles. The number of carbonyl (C=O) groups excluding carboxylic acids is 2. The van der Waals surface area contributed by atoms with Gasteiger partial charge in [0.25, 0.3) is 0 Å². The maximum Gasteiger partial charge on any atom is 0.244 e. The van der Waals surface area contributed by atoms with Crippen LogP contribution in [0.4, 0.5) is 5.69 Å². The second-order valence-electron chi connectivity index (χ2n) is 7.33. The highest BCUT2D eigenvalue weighted by Gasteiger charge is 2.29. The molecular formula is C22H28ClN3O4S. The molecule has 1 N–H and O–H groups in total. The molecule has 7 nitrogen and oxygen atoms in total. The number of hydrogen-bond acceptors (Lipinski definition) is 4. The third kappa shape index (κ3) is 6.97. The fraction of sp³-hybridized carbons (Fsp3) is 0.364. The molecule has 9 heteroatoms. The maximum absolute atomic E-state index is 13.3. The predicted octanol–water partition coefficient (Wildman–Crippen LogP) is 2.97. The first-order valence-electron chi connectivity index (χ1n) is 9.89. The summed E-state index contributed by atoms with van der Waals surface area (Å²) in [5.41, 5.74) is 2.04. The van der Waals surface area contributed by atoms with Gasteiger partial charge in [0.2, 0.25) is 21.8 Å². The SMILES string of the molecule is CCNC(=O)[C@@H](C)N(Cc1ccc(Cl)cc1)C(=O)CN(c1cccc(C)c1)S(C)(=O)=O.